The molecule has 1 aromatic heterocycles. The van der Waals surface area contributed by atoms with E-state index in [-0.39, 0.29) is 11.8 Å². The molecule has 1 aliphatic heterocycles. The van der Waals surface area contributed by atoms with Gasteiger partial charge in [0.15, 0.2) is 5.13 Å². The second-order valence-electron chi connectivity index (χ2n) is 8.04. The van der Waals surface area contributed by atoms with Crippen LogP contribution in [-0.4, -0.2) is 50.1 Å². The van der Waals surface area contributed by atoms with Crippen LogP contribution >= 0.6 is 23.1 Å². The van der Waals surface area contributed by atoms with E-state index < -0.39 is 10.0 Å². The number of hydrogen-bond donors (Lipinski definition) is 1. The number of sulfonamides is 1. The van der Waals surface area contributed by atoms with Gasteiger partial charge in [0.05, 0.1) is 17.7 Å². The monoisotopic (exact) mass is 517 g/mol. The first-order valence-electron chi connectivity index (χ1n) is 10.9. The van der Waals surface area contributed by atoms with Crippen molar-refractivity contribution >= 4 is 44.2 Å². The van der Waals surface area contributed by atoms with Gasteiger partial charge in [0, 0.05) is 34.8 Å². The molecule has 1 amide bonds. The summed E-state index contributed by atoms with van der Waals surface area (Å²) in [5, 5.41) is 5.37. The lowest BCUT2D eigenvalue weighted by Gasteiger charge is -2.30. The predicted octanol–water partition coefficient (Wildman–Crippen LogP) is 4.89. The highest BCUT2D eigenvalue weighted by Gasteiger charge is 2.33. The zero-order chi connectivity index (χ0) is 24.3. The highest BCUT2D eigenvalue weighted by molar-refractivity contribution is 7.99. The maximum Gasteiger partial charge on any atom is 0.244 e. The van der Waals surface area contributed by atoms with Gasteiger partial charge in [-0.2, -0.15) is 4.31 Å². The van der Waals surface area contributed by atoms with Gasteiger partial charge in [0.25, 0.3) is 0 Å². The Morgan fingerprint density at radius 3 is 2.62 bits per heavy atom. The number of aryl methyl sites for hydroxylation is 1. The molecule has 1 fully saturated rings. The van der Waals surface area contributed by atoms with E-state index in [9.17, 15) is 13.2 Å². The first kappa shape index (κ1) is 24.7. The Hall–Kier alpha value is -2.40. The van der Waals surface area contributed by atoms with Crippen LogP contribution in [0.25, 0.3) is 11.3 Å². The molecule has 1 saturated heterocycles. The smallest absolute Gasteiger partial charge is 0.244 e. The molecule has 1 aliphatic rings. The fraction of sp³-hybridized carbons (Fsp3) is 0.333. The second kappa shape index (κ2) is 10.5. The zero-order valence-electron chi connectivity index (χ0n) is 19.3. The lowest BCUT2D eigenvalue weighted by atomic mass is 9.97. The van der Waals surface area contributed by atoms with E-state index in [1.54, 1.807) is 19.2 Å². The summed E-state index contributed by atoms with van der Waals surface area (Å²) in [6, 6.07) is 12.9. The van der Waals surface area contributed by atoms with E-state index in [1.165, 1.54) is 27.4 Å². The van der Waals surface area contributed by atoms with Crippen molar-refractivity contribution in [2.75, 3.05) is 31.8 Å². The minimum absolute atomic E-state index is 0.117. The van der Waals surface area contributed by atoms with Crippen molar-refractivity contribution in [3.63, 3.8) is 0 Å². The van der Waals surface area contributed by atoms with E-state index in [0.29, 0.717) is 36.0 Å². The van der Waals surface area contributed by atoms with Crippen molar-refractivity contribution in [1.82, 2.24) is 9.29 Å². The van der Waals surface area contributed by atoms with Crippen LogP contribution in [0, 0.1) is 12.8 Å². The largest absolute Gasteiger partial charge is 0.496 e. The molecule has 2 heterocycles. The molecule has 0 aliphatic carbocycles. The topological polar surface area (TPSA) is 88.6 Å². The molecule has 7 nitrogen and oxygen atoms in total. The van der Waals surface area contributed by atoms with Gasteiger partial charge in [-0.1, -0.05) is 12.1 Å². The maximum atomic E-state index is 13.1. The summed E-state index contributed by atoms with van der Waals surface area (Å²) in [7, 11) is -1.95. The molecular formula is C24H27N3O4S3. The third-order valence-electron chi connectivity index (χ3n) is 5.94. The highest BCUT2D eigenvalue weighted by atomic mass is 32.2. The molecule has 0 spiro atoms. The third-order valence-corrected chi connectivity index (χ3v) is 9.58. The highest BCUT2D eigenvalue weighted by Crippen LogP contribution is 2.32. The standard InChI is InChI=1S/C24H27N3O4S3/c1-16-14-18(8-9-20(16)31-2)19-15-33-24(25-19)26-23(28)17-10-12-27(13-11-17)34(29,30)22-7-5-4-6-21(22)32-3/h4-9,14-15,17H,10-13H2,1-3H3,(H,25,26,28). The van der Waals surface area contributed by atoms with Gasteiger partial charge in [-0.25, -0.2) is 13.4 Å². The molecular weight excluding hydrogens is 490 g/mol. The van der Waals surface area contributed by atoms with Crippen LogP contribution in [0.3, 0.4) is 0 Å². The molecule has 2 aromatic carbocycles. The number of methoxy groups -OCH3 is 1. The number of nitrogens with one attached hydrogen (secondary N) is 1. The summed E-state index contributed by atoms with van der Waals surface area (Å²) in [6.07, 6.45) is 2.82. The van der Waals surface area contributed by atoms with E-state index >= 15 is 0 Å². The molecule has 3 aromatic rings. The lowest BCUT2D eigenvalue weighted by Crippen LogP contribution is -2.41. The number of nitrogens with zero attached hydrogens (tertiary/aromatic N) is 2. The van der Waals surface area contributed by atoms with Crippen molar-refractivity contribution < 1.29 is 17.9 Å². The number of hydrogen-bond acceptors (Lipinski definition) is 7. The number of carbonyl (C=O) groups excluding carboxylic acids is 1. The van der Waals surface area contributed by atoms with Crippen LogP contribution in [-0.2, 0) is 14.8 Å². The first-order valence-corrected chi connectivity index (χ1v) is 14.4. The van der Waals surface area contributed by atoms with Gasteiger partial charge in [-0.05, 0) is 61.9 Å². The number of benzene rings is 2. The average molecular weight is 518 g/mol. The van der Waals surface area contributed by atoms with Crippen molar-refractivity contribution in [2.45, 2.75) is 29.6 Å². The normalized spacial score (nSPS) is 15.3. The number of carbonyl (C=O) groups is 1. The summed E-state index contributed by atoms with van der Waals surface area (Å²) in [4.78, 5) is 18.5. The molecule has 180 valence electrons. The van der Waals surface area contributed by atoms with Crippen LogP contribution in [0.15, 0.2) is 57.6 Å². The molecule has 4 rings (SSSR count). The Balaban J connectivity index is 1.38. The van der Waals surface area contributed by atoms with E-state index in [0.717, 1.165) is 27.5 Å². The van der Waals surface area contributed by atoms with Crippen molar-refractivity contribution in [3.05, 3.63) is 53.4 Å². The van der Waals surface area contributed by atoms with Crippen LogP contribution in [0.2, 0.25) is 0 Å². The second-order valence-corrected chi connectivity index (χ2v) is 11.7. The quantitative estimate of drug-likeness (QED) is 0.449. The summed E-state index contributed by atoms with van der Waals surface area (Å²) in [6.45, 7) is 2.61. The van der Waals surface area contributed by atoms with Gasteiger partial charge in [-0.15, -0.1) is 23.1 Å². The number of ether oxygens (including phenoxy) is 1. The molecule has 0 bridgehead atoms. The number of aromatic nitrogens is 1. The van der Waals surface area contributed by atoms with Crippen LogP contribution in [0.1, 0.15) is 18.4 Å². The predicted molar refractivity (Wildman–Crippen MR) is 137 cm³/mol. The number of piperidine rings is 1. The van der Waals surface area contributed by atoms with Crippen LogP contribution in [0.5, 0.6) is 5.75 Å². The van der Waals surface area contributed by atoms with Gasteiger partial charge in [0.1, 0.15) is 5.75 Å². The van der Waals surface area contributed by atoms with Gasteiger partial charge < -0.3 is 10.1 Å². The van der Waals surface area contributed by atoms with Gasteiger partial charge in [-0.3, -0.25) is 4.79 Å². The Labute approximate surface area is 208 Å². The lowest BCUT2D eigenvalue weighted by molar-refractivity contribution is -0.120. The summed E-state index contributed by atoms with van der Waals surface area (Å²) in [5.74, 6) is 0.448. The molecule has 34 heavy (non-hydrogen) atoms. The minimum atomic E-state index is -3.59. The Morgan fingerprint density at radius 1 is 1.21 bits per heavy atom. The Kier molecular flexibility index (Phi) is 7.61. The summed E-state index contributed by atoms with van der Waals surface area (Å²) in [5.41, 5.74) is 2.76. The van der Waals surface area contributed by atoms with Crippen LogP contribution in [0.4, 0.5) is 5.13 Å². The van der Waals surface area contributed by atoms with Gasteiger partial charge >= 0.3 is 0 Å². The number of thiazole rings is 1. The summed E-state index contributed by atoms with van der Waals surface area (Å²) < 4.78 is 33.1. The van der Waals surface area contributed by atoms with E-state index in [4.69, 9.17) is 4.74 Å². The minimum Gasteiger partial charge on any atom is -0.496 e. The molecule has 0 saturated carbocycles. The first-order chi connectivity index (χ1) is 16.3. The van der Waals surface area contributed by atoms with E-state index in [2.05, 4.69) is 10.3 Å². The van der Waals surface area contributed by atoms with Crippen molar-refractivity contribution in [3.8, 4) is 17.0 Å². The fourth-order valence-corrected chi connectivity index (χ4v) is 7.35. The number of rotatable bonds is 7. The van der Waals surface area contributed by atoms with Crippen LogP contribution < -0.4 is 10.1 Å². The Bertz CT molecular complexity index is 1280. The van der Waals surface area contributed by atoms with Crippen molar-refractivity contribution in [2.24, 2.45) is 5.92 Å². The maximum absolute atomic E-state index is 13.1. The fourth-order valence-electron chi connectivity index (χ4n) is 4.04. The molecule has 10 heteroatoms. The number of thioether (sulfide) groups is 1. The van der Waals surface area contributed by atoms with Crippen molar-refractivity contribution in [1.29, 1.82) is 0 Å². The number of anilines is 1. The SMILES string of the molecule is COc1ccc(-c2csc(NC(=O)C3CCN(S(=O)(=O)c4ccccc4SC)CC3)n2)cc1C. The Morgan fingerprint density at radius 2 is 1.94 bits per heavy atom. The molecule has 0 radical (unpaired) electrons. The molecule has 0 atom stereocenters. The average Bonchev–Trinajstić information content (AvgIpc) is 3.32. The zero-order valence-corrected chi connectivity index (χ0v) is 21.7. The van der Waals surface area contributed by atoms with E-state index in [1.807, 2.05) is 48.9 Å². The van der Waals surface area contributed by atoms with Gasteiger partial charge in [0.2, 0.25) is 15.9 Å². The molecule has 0 unspecified atom stereocenters. The molecule has 1 N–H and O–H groups in total. The number of amides is 1. The third kappa shape index (κ3) is 5.14. The summed E-state index contributed by atoms with van der Waals surface area (Å²) >= 11 is 2.79.